The third-order valence-corrected chi connectivity index (χ3v) is 3.30. The normalized spacial score (nSPS) is 10.2. The second-order valence-electron chi connectivity index (χ2n) is 4.91. The number of hydrogen-bond acceptors (Lipinski definition) is 3. The number of benzene rings is 1. The van der Waals surface area contributed by atoms with Gasteiger partial charge in [-0.3, -0.25) is 0 Å². The first kappa shape index (κ1) is 14.2. The molecule has 102 valence electrons. The molecule has 3 nitrogen and oxygen atoms in total. The first-order valence-corrected chi connectivity index (χ1v) is 7.15. The molecule has 2 rings (SSSR count). The molecule has 2 aromatic rings. The van der Waals surface area contributed by atoms with Gasteiger partial charge in [0.05, 0.1) is 11.6 Å². The quantitative estimate of drug-likeness (QED) is 0.737. The van der Waals surface area contributed by atoms with Crippen molar-refractivity contribution in [3.8, 4) is 17.5 Å². The van der Waals surface area contributed by atoms with Crippen molar-refractivity contribution < 1.29 is 0 Å². The van der Waals surface area contributed by atoms with Crippen molar-refractivity contribution in [1.82, 2.24) is 9.97 Å². The second-order valence-corrected chi connectivity index (χ2v) is 4.91. The van der Waals surface area contributed by atoms with Crippen LogP contribution in [0.4, 0.5) is 0 Å². The maximum absolute atomic E-state index is 8.77. The van der Waals surface area contributed by atoms with Crippen molar-refractivity contribution in [2.24, 2.45) is 0 Å². The van der Waals surface area contributed by atoms with E-state index in [9.17, 15) is 0 Å². The van der Waals surface area contributed by atoms with Gasteiger partial charge < -0.3 is 0 Å². The van der Waals surface area contributed by atoms with E-state index in [-0.39, 0.29) is 0 Å². The van der Waals surface area contributed by atoms with E-state index in [0.29, 0.717) is 11.4 Å². The monoisotopic (exact) mass is 265 g/mol. The van der Waals surface area contributed by atoms with E-state index >= 15 is 0 Å². The van der Waals surface area contributed by atoms with E-state index in [1.807, 2.05) is 24.5 Å². The Morgan fingerprint density at radius 2 is 1.70 bits per heavy atom. The molecule has 1 heterocycles. The maximum atomic E-state index is 8.77. The lowest BCUT2D eigenvalue weighted by Crippen LogP contribution is -1.93. The van der Waals surface area contributed by atoms with E-state index in [4.69, 9.17) is 5.26 Å². The van der Waals surface area contributed by atoms with Crippen LogP contribution in [0, 0.1) is 11.3 Å². The molecule has 0 saturated carbocycles. The summed E-state index contributed by atoms with van der Waals surface area (Å²) >= 11 is 0. The Bertz CT molecular complexity index is 565. The van der Waals surface area contributed by atoms with Crippen LogP contribution in [0.3, 0.4) is 0 Å². The predicted molar refractivity (Wildman–Crippen MR) is 80.0 cm³/mol. The van der Waals surface area contributed by atoms with Crippen LogP contribution in [-0.2, 0) is 6.42 Å². The number of aromatic nitrogens is 2. The van der Waals surface area contributed by atoms with E-state index in [1.54, 1.807) is 12.1 Å². The summed E-state index contributed by atoms with van der Waals surface area (Å²) in [5.74, 6) is 0.715. The molecule has 3 heteroatoms. The molecule has 0 N–H and O–H groups in total. The van der Waals surface area contributed by atoms with Crippen LogP contribution >= 0.6 is 0 Å². The standard InChI is InChI=1S/C17H19N3/c1-2-3-4-5-6-15-12-19-17(20-13-15)16-9-7-14(11-18)8-10-16/h7-10,12-13H,2-6H2,1H3. The minimum Gasteiger partial charge on any atom is -0.236 e. The molecule has 0 aliphatic carbocycles. The van der Waals surface area contributed by atoms with Gasteiger partial charge in [0.15, 0.2) is 5.82 Å². The topological polar surface area (TPSA) is 49.6 Å². The third-order valence-electron chi connectivity index (χ3n) is 3.30. The molecule has 0 atom stereocenters. The fraction of sp³-hybridized carbons (Fsp3) is 0.353. The summed E-state index contributed by atoms with van der Waals surface area (Å²) in [4.78, 5) is 8.82. The summed E-state index contributed by atoms with van der Waals surface area (Å²) in [5, 5.41) is 8.77. The summed E-state index contributed by atoms with van der Waals surface area (Å²) in [6.45, 7) is 2.22. The van der Waals surface area contributed by atoms with E-state index in [1.165, 1.54) is 31.2 Å². The molecule has 0 radical (unpaired) electrons. The third kappa shape index (κ3) is 3.89. The van der Waals surface area contributed by atoms with Crippen LogP contribution in [0.15, 0.2) is 36.7 Å². The van der Waals surface area contributed by atoms with Crippen LogP contribution in [0.25, 0.3) is 11.4 Å². The largest absolute Gasteiger partial charge is 0.236 e. The van der Waals surface area contributed by atoms with Gasteiger partial charge in [-0.2, -0.15) is 5.26 Å². The molecular weight excluding hydrogens is 246 g/mol. The van der Waals surface area contributed by atoms with Gasteiger partial charge in [0.2, 0.25) is 0 Å². The average Bonchev–Trinajstić information content (AvgIpc) is 2.52. The van der Waals surface area contributed by atoms with Gasteiger partial charge in [0.25, 0.3) is 0 Å². The summed E-state index contributed by atoms with van der Waals surface area (Å²) in [6, 6.07) is 9.45. The summed E-state index contributed by atoms with van der Waals surface area (Å²) in [7, 11) is 0. The van der Waals surface area contributed by atoms with Crippen molar-refractivity contribution >= 4 is 0 Å². The minimum atomic E-state index is 0.654. The van der Waals surface area contributed by atoms with Crippen LogP contribution < -0.4 is 0 Å². The zero-order valence-corrected chi connectivity index (χ0v) is 11.8. The van der Waals surface area contributed by atoms with Gasteiger partial charge in [0, 0.05) is 18.0 Å². The van der Waals surface area contributed by atoms with Crippen LogP contribution in [0.1, 0.15) is 43.7 Å². The molecule has 0 unspecified atom stereocenters. The Morgan fingerprint density at radius 3 is 2.30 bits per heavy atom. The van der Waals surface area contributed by atoms with E-state index in [2.05, 4.69) is 23.0 Å². The molecular formula is C17H19N3. The predicted octanol–water partition coefficient (Wildman–Crippen LogP) is 4.14. The number of nitriles is 1. The number of aryl methyl sites for hydroxylation is 1. The molecule has 0 amide bonds. The van der Waals surface area contributed by atoms with Crippen molar-refractivity contribution in [3.05, 3.63) is 47.8 Å². The van der Waals surface area contributed by atoms with Crippen molar-refractivity contribution in [2.75, 3.05) is 0 Å². The zero-order chi connectivity index (χ0) is 14.2. The summed E-state index contributed by atoms with van der Waals surface area (Å²) in [6.07, 6.45) is 9.90. The Kier molecular flexibility index (Phi) is 5.25. The fourth-order valence-electron chi connectivity index (χ4n) is 2.08. The van der Waals surface area contributed by atoms with Gasteiger partial charge in [-0.1, -0.05) is 26.2 Å². The maximum Gasteiger partial charge on any atom is 0.159 e. The Labute approximate surface area is 120 Å². The van der Waals surface area contributed by atoms with Gasteiger partial charge in [-0.25, -0.2) is 9.97 Å². The first-order chi connectivity index (χ1) is 9.83. The lowest BCUT2D eigenvalue weighted by Gasteiger charge is -2.03. The number of unbranched alkanes of at least 4 members (excludes halogenated alkanes) is 3. The molecule has 20 heavy (non-hydrogen) atoms. The molecule has 0 aliphatic rings. The molecule has 1 aromatic heterocycles. The Hall–Kier alpha value is -2.21. The highest BCUT2D eigenvalue weighted by atomic mass is 14.9. The SMILES string of the molecule is CCCCCCc1cnc(-c2ccc(C#N)cc2)nc1. The van der Waals surface area contributed by atoms with Crippen molar-refractivity contribution in [1.29, 1.82) is 5.26 Å². The van der Waals surface area contributed by atoms with Crippen molar-refractivity contribution in [3.63, 3.8) is 0 Å². The lowest BCUT2D eigenvalue weighted by molar-refractivity contribution is 0.665. The Morgan fingerprint density at radius 1 is 1.00 bits per heavy atom. The van der Waals surface area contributed by atoms with Crippen LogP contribution in [-0.4, -0.2) is 9.97 Å². The van der Waals surface area contributed by atoms with Gasteiger partial charge in [0.1, 0.15) is 0 Å². The number of hydrogen-bond donors (Lipinski definition) is 0. The molecule has 0 saturated heterocycles. The molecule has 0 fully saturated rings. The van der Waals surface area contributed by atoms with Crippen LogP contribution in [0.2, 0.25) is 0 Å². The van der Waals surface area contributed by atoms with Gasteiger partial charge in [-0.15, -0.1) is 0 Å². The highest BCUT2D eigenvalue weighted by Crippen LogP contribution is 2.15. The second kappa shape index (κ2) is 7.40. The minimum absolute atomic E-state index is 0.654. The lowest BCUT2D eigenvalue weighted by atomic mass is 10.1. The van der Waals surface area contributed by atoms with E-state index in [0.717, 1.165) is 12.0 Å². The fourth-order valence-corrected chi connectivity index (χ4v) is 2.08. The number of nitrogens with zero attached hydrogens (tertiary/aromatic N) is 3. The van der Waals surface area contributed by atoms with Gasteiger partial charge in [-0.05, 0) is 42.7 Å². The summed E-state index contributed by atoms with van der Waals surface area (Å²) < 4.78 is 0. The van der Waals surface area contributed by atoms with Gasteiger partial charge >= 0.3 is 0 Å². The summed E-state index contributed by atoms with van der Waals surface area (Å²) in [5.41, 5.74) is 2.79. The average molecular weight is 265 g/mol. The highest BCUT2D eigenvalue weighted by Gasteiger charge is 2.02. The molecule has 0 aliphatic heterocycles. The number of rotatable bonds is 6. The molecule has 0 spiro atoms. The Balaban J connectivity index is 1.98. The highest BCUT2D eigenvalue weighted by molar-refractivity contribution is 5.56. The van der Waals surface area contributed by atoms with Crippen molar-refractivity contribution in [2.45, 2.75) is 39.0 Å². The van der Waals surface area contributed by atoms with E-state index < -0.39 is 0 Å². The van der Waals surface area contributed by atoms with Crippen LogP contribution in [0.5, 0.6) is 0 Å². The zero-order valence-electron chi connectivity index (χ0n) is 11.8. The molecule has 1 aromatic carbocycles. The smallest absolute Gasteiger partial charge is 0.159 e. The molecule has 0 bridgehead atoms. The first-order valence-electron chi connectivity index (χ1n) is 7.15.